The summed E-state index contributed by atoms with van der Waals surface area (Å²) in [7, 11) is 0. The normalized spacial score (nSPS) is 13.0. The molecule has 2 N–H and O–H groups in total. The molecule has 300 valence electrons. The highest BCUT2D eigenvalue weighted by molar-refractivity contribution is 5.87. The third-order valence-electron chi connectivity index (χ3n) is 9.80. The fourth-order valence-corrected chi connectivity index (χ4v) is 6.80. The molecule has 1 heterocycles. The highest BCUT2D eigenvalue weighted by atomic mass is 14.7. The quantitative estimate of drug-likeness (QED) is 0.108. The zero-order valence-electron chi connectivity index (χ0n) is 36.5. The zero-order chi connectivity index (χ0) is 42.1. The number of benzene rings is 4. The van der Waals surface area contributed by atoms with Crippen molar-refractivity contribution in [3.8, 4) is 33.5 Å². The van der Waals surface area contributed by atoms with Crippen LogP contribution in [0.2, 0.25) is 0 Å². The van der Waals surface area contributed by atoms with E-state index in [2.05, 4.69) is 185 Å². The van der Waals surface area contributed by atoms with Crippen molar-refractivity contribution in [2.75, 3.05) is 0 Å². The smallest absolute Gasteiger partial charge is 0.0701 e. The molecule has 1 atom stereocenters. The first-order chi connectivity index (χ1) is 28.4. The van der Waals surface area contributed by atoms with Gasteiger partial charge in [-0.3, -0.25) is 4.98 Å². The van der Waals surface area contributed by atoms with Crippen LogP contribution in [0.15, 0.2) is 193 Å². The van der Waals surface area contributed by atoms with Gasteiger partial charge in [0.05, 0.1) is 5.69 Å². The molecular weight excluding hydrogens is 701 g/mol. The Morgan fingerprint density at radius 2 is 1.26 bits per heavy atom. The first-order valence-electron chi connectivity index (χ1n) is 21.1. The molecular formula is C56H66N2. The molecule has 1 unspecified atom stereocenters. The Morgan fingerprint density at radius 3 is 1.88 bits per heavy atom. The summed E-state index contributed by atoms with van der Waals surface area (Å²) >= 11 is 0. The van der Waals surface area contributed by atoms with E-state index in [1.165, 1.54) is 44.5 Å². The van der Waals surface area contributed by atoms with E-state index in [1.807, 2.05) is 58.2 Å². The van der Waals surface area contributed by atoms with Gasteiger partial charge >= 0.3 is 0 Å². The minimum Gasteiger partial charge on any atom is -0.405 e. The van der Waals surface area contributed by atoms with E-state index in [4.69, 9.17) is 5.73 Å². The van der Waals surface area contributed by atoms with E-state index >= 15 is 0 Å². The minimum atomic E-state index is 0.173. The number of hydrogen-bond acceptors (Lipinski definition) is 2. The van der Waals surface area contributed by atoms with Crippen LogP contribution in [0.3, 0.4) is 0 Å². The maximum Gasteiger partial charge on any atom is 0.0701 e. The zero-order valence-corrected chi connectivity index (χ0v) is 36.5. The Labute approximate surface area is 351 Å². The number of pyridine rings is 1. The lowest BCUT2D eigenvalue weighted by Crippen LogP contribution is -1.97. The van der Waals surface area contributed by atoms with E-state index in [1.54, 1.807) is 6.20 Å². The average molecular weight is 767 g/mol. The predicted molar refractivity (Wildman–Crippen MR) is 258 cm³/mol. The Balaban J connectivity index is 0.00000218. The molecule has 58 heavy (non-hydrogen) atoms. The van der Waals surface area contributed by atoms with Crippen molar-refractivity contribution in [1.29, 1.82) is 0 Å². The summed E-state index contributed by atoms with van der Waals surface area (Å²) in [6.07, 6.45) is 26.1. The molecule has 0 aliphatic heterocycles. The Bertz CT molecular complexity index is 2160. The van der Waals surface area contributed by atoms with Gasteiger partial charge in [0.2, 0.25) is 0 Å². The highest BCUT2D eigenvalue weighted by Crippen LogP contribution is 2.36. The number of hydrogen-bond donors (Lipinski definition) is 1. The van der Waals surface area contributed by atoms with Crippen molar-refractivity contribution in [2.24, 2.45) is 5.73 Å². The van der Waals surface area contributed by atoms with E-state index < -0.39 is 0 Å². The molecule has 5 aromatic rings. The maximum absolute atomic E-state index is 5.80. The standard InChI is InChI=1S/C52H54N2.2C2H6/c1-6-9-18-39(4)19-17-23-41(7-2)51(8-3)50-37-48(45-29-31-46(32-30-45)52-24-14-16-34-54-52)36-49(38-50)47(22-13-15-33-53)35-40(5)42-25-27-44(28-26-42)43-20-11-10-12-21-43;2*1-2/h6-16,18,20-22,24-38,40H,17,19,23,53H2,1-5H3;2*1-2H3/b9-6-,22-13-,33-15-,39-18+,41-7+,47-35-,51-8+;;. The van der Waals surface area contributed by atoms with Crippen molar-refractivity contribution in [1.82, 2.24) is 4.98 Å². The molecule has 0 fully saturated rings. The summed E-state index contributed by atoms with van der Waals surface area (Å²) in [6, 6.07) is 41.3. The topological polar surface area (TPSA) is 38.9 Å². The van der Waals surface area contributed by atoms with Gasteiger partial charge in [0.25, 0.3) is 0 Å². The van der Waals surface area contributed by atoms with E-state index in [0.29, 0.717) is 0 Å². The SMILES string of the molecule is C/C=C\C=C(/C)CCCC(=C\C)/C(=C\C)c1cc(C(/C=C\C=C/N)=C\C(C)c2ccc(-c3ccccc3)cc2)cc(-c2ccc(-c3ccccn3)cc2)c1.CC.CC. The molecule has 0 aliphatic rings. The van der Waals surface area contributed by atoms with Crippen LogP contribution >= 0.6 is 0 Å². The van der Waals surface area contributed by atoms with Gasteiger partial charge in [0.1, 0.15) is 0 Å². The second-order valence-electron chi connectivity index (χ2n) is 13.6. The minimum absolute atomic E-state index is 0.173. The van der Waals surface area contributed by atoms with Crippen molar-refractivity contribution >= 4 is 11.1 Å². The van der Waals surface area contributed by atoms with Crippen molar-refractivity contribution < 1.29 is 0 Å². The molecule has 1 aromatic heterocycles. The molecule has 0 bridgehead atoms. The molecule has 4 aromatic carbocycles. The second kappa shape index (κ2) is 26.0. The molecule has 2 heteroatoms. The summed E-state index contributed by atoms with van der Waals surface area (Å²) < 4.78 is 0. The van der Waals surface area contributed by atoms with Crippen LogP contribution < -0.4 is 5.73 Å². The third kappa shape index (κ3) is 13.9. The van der Waals surface area contributed by atoms with Gasteiger partial charge in [-0.2, -0.15) is 0 Å². The number of nitrogens with zero attached hydrogens (tertiary/aromatic N) is 1. The van der Waals surface area contributed by atoms with Crippen molar-refractivity contribution in [2.45, 2.75) is 87.5 Å². The van der Waals surface area contributed by atoms with Gasteiger partial charge < -0.3 is 5.73 Å². The molecule has 0 aliphatic carbocycles. The van der Waals surface area contributed by atoms with Crippen LogP contribution in [0, 0.1) is 0 Å². The summed E-state index contributed by atoms with van der Waals surface area (Å²) in [5, 5.41) is 0. The largest absolute Gasteiger partial charge is 0.405 e. The second-order valence-corrected chi connectivity index (χ2v) is 13.6. The van der Waals surface area contributed by atoms with Crippen molar-refractivity contribution in [3.05, 3.63) is 210 Å². The van der Waals surface area contributed by atoms with E-state index in [9.17, 15) is 0 Å². The Kier molecular flexibility index (Phi) is 20.8. The van der Waals surface area contributed by atoms with Gasteiger partial charge in [-0.1, -0.05) is 174 Å². The first kappa shape index (κ1) is 46.4. The summed E-state index contributed by atoms with van der Waals surface area (Å²) in [6.45, 7) is 18.9. The fourth-order valence-electron chi connectivity index (χ4n) is 6.80. The maximum atomic E-state index is 5.80. The lowest BCUT2D eigenvalue weighted by Gasteiger charge is -2.18. The Hall–Kier alpha value is -5.99. The summed E-state index contributed by atoms with van der Waals surface area (Å²) in [5.41, 5.74) is 21.5. The van der Waals surface area contributed by atoms with Crippen LogP contribution in [0.25, 0.3) is 44.7 Å². The Morgan fingerprint density at radius 1 is 0.638 bits per heavy atom. The van der Waals surface area contributed by atoms with Gasteiger partial charge in [-0.15, -0.1) is 0 Å². The molecule has 0 spiro atoms. The van der Waals surface area contributed by atoms with Crippen LogP contribution in [-0.4, -0.2) is 4.98 Å². The molecule has 0 saturated heterocycles. The number of rotatable bonds is 15. The van der Waals surface area contributed by atoms with Crippen LogP contribution in [-0.2, 0) is 0 Å². The molecule has 2 nitrogen and oxygen atoms in total. The van der Waals surface area contributed by atoms with Gasteiger partial charge in [-0.05, 0) is 151 Å². The van der Waals surface area contributed by atoms with Crippen molar-refractivity contribution in [3.63, 3.8) is 0 Å². The lowest BCUT2D eigenvalue weighted by atomic mass is 9.87. The summed E-state index contributed by atoms with van der Waals surface area (Å²) in [4.78, 5) is 4.57. The van der Waals surface area contributed by atoms with Gasteiger partial charge in [-0.25, -0.2) is 0 Å². The fraction of sp³-hybridized carbons (Fsp3) is 0.232. The highest BCUT2D eigenvalue weighted by Gasteiger charge is 2.14. The van der Waals surface area contributed by atoms with Crippen LogP contribution in [0.4, 0.5) is 0 Å². The molecule has 5 rings (SSSR count). The van der Waals surface area contributed by atoms with Gasteiger partial charge in [0.15, 0.2) is 0 Å². The molecule has 0 radical (unpaired) electrons. The predicted octanol–water partition coefficient (Wildman–Crippen LogP) is 16.4. The lowest BCUT2D eigenvalue weighted by molar-refractivity contribution is 0.816. The first-order valence-corrected chi connectivity index (χ1v) is 21.1. The van der Waals surface area contributed by atoms with Crippen LogP contribution in [0.1, 0.15) is 104 Å². The monoisotopic (exact) mass is 767 g/mol. The third-order valence-corrected chi connectivity index (χ3v) is 9.80. The number of nitrogens with two attached hydrogens (primary N) is 1. The molecule has 0 saturated carbocycles. The average Bonchev–Trinajstić information content (AvgIpc) is 3.29. The van der Waals surface area contributed by atoms with E-state index in [0.717, 1.165) is 47.2 Å². The van der Waals surface area contributed by atoms with Crippen LogP contribution in [0.5, 0.6) is 0 Å². The molecule has 0 amide bonds. The number of aromatic nitrogens is 1. The number of allylic oxidation sites excluding steroid dienone is 13. The van der Waals surface area contributed by atoms with E-state index in [-0.39, 0.29) is 5.92 Å². The summed E-state index contributed by atoms with van der Waals surface area (Å²) in [5.74, 6) is 0.173. The van der Waals surface area contributed by atoms with Gasteiger partial charge in [0, 0.05) is 11.8 Å².